The van der Waals surface area contributed by atoms with Crippen LogP contribution in [-0.2, 0) is 33.2 Å². The van der Waals surface area contributed by atoms with E-state index in [4.69, 9.17) is 28.4 Å². The molecule has 12 N–H and O–H groups in total. The van der Waals surface area contributed by atoms with Gasteiger partial charge in [0, 0.05) is 6.42 Å². The van der Waals surface area contributed by atoms with E-state index in [0.29, 0.717) is 12.8 Å². The third kappa shape index (κ3) is 34.6. The molecule has 3 aliphatic heterocycles. The van der Waals surface area contributed by atoms with Gasteiger partial charge in [0.25, 0.3) is 0 Å². The first kappa shape index (κ1) is 82.2. The molecule has 0 spiro atoms. The maximum atomic E-state index is 13.4. The van der Waals surface area contributed by atoms with Gasteiger partial charge >= 0.3 is 0 Å². The molecule has 0 aromatic rings. The maximum Gasteiger partial charge on any atom is 0.220 e. The van der Waals surface area contributed by atoms with Gasteiger partial charge < -0.3 is 89.9 Å². The number of allylic oxidation sites excluding steroid dienone is 5. The summed E-state index contributed by atoms with van der Waals surface area (Å²) < 4.78 is 34.4. The number of aliphatic hydroxyl groups excluding tert-OH is 11. The zero-order valence-corrected chi connectivity index (χ0v) is 55.9. The largest absolute Gasteiger partial charge is 0.394 e. The van der Waals surface area contributed by atoms with E-state index in [9.17, 15) is 61.0 Å². The topological polar surface area (TPSA) is 307 Å². The highest BCUT2D eigenvalue weighted by molar-refractivity contribution is 5.76. The lowest BCUT2D eigenvalue weighted by Crippen LogP contribution is -2.66. The molecule has 0 aromatic heterocycles. The van der Waals surface area contributed by atoms with Crippen LogP contribution in [0.1, 0.15) is 277 Å². The third-order valence-electron chi connectivity index (χ3n) is 18.2. The molecule has 0 aromatic carbocycles. The molecule has 0 aliphatic carbocycles. The molecule has 19 nitrogen and oxygen atoms in total. The van der Waals surface area contributed by atoms with Crippen LogP contribution in [0.3, 0.4) is 0 Å². The van der Waals surface area contributed by atoms with Gasteiger partial charge in [-0.05, 0) is 44.9 Å². The first-order valence-corrected chi connectivity index (χ1v) is 36.2. The van der Waals surface area contributed by atoms with Crippen molar-refractivity contribution in [3.8, 4) is 0 Å². The number of carbonyl (C=O) groups excluding carboxylic acids is 1. The predicted octanol–water partition coefficient (Wildman–Crippen LogP) is 10.00. The Kier molecular flexibility index (Phi) is 48.6. The zero-order chi connectivity index (χ0) is 65.4. The van der Waals surface area contributed by atoms with E-state index in [0.717, 1.165) is 44.9 Å². The Hall–Kier alpha value is -1.99. The molecule has 0 radical (unpaired) electrons. The number of amides is 1. The number of nitrogens with one attached hydrogen (secondary N) is 1. The molecule has 90 heavy (non-hydrogen) atoms. The fourth-order valence-corrected chi connectivity index (χ4v) is 12.3. The van der Waals surface area contributed by atoms with Crippen molar-refractivity contribution in [3.05, 3.63) is 36.5 Å². The first-order valence-electron chi connectivity index (χ1n) is 36.2. The highest BCUT2D eigenvalue weighted by Crippen LogP contribution is 2.33. The van der Waals surface area contributed by atoms with Crippen LogP contribution in [0.4, 0.5) is 0 Å². The van der Waals surface area contributed by atoms with Gasteiger partial charge in [-0.15, -0.1) is 0 Å². The number of ether oxygens (including phenoxy) is 6. The van der Waals surface area contributed by atoms with Crippen LogP contribution in [0.5, 0.6) is 0 Å². The summed E-state index contributed by atoms with van der Waals surface area (Å²) in [6.07, 6.45) is 35.6. The van der Waals surface area contributed by atoms with Crippen LogP contribution in [0, 0.1) is 0 Å². The average molecular weight is 1290 g/mol. The van der Waals surface area contributed by atoms with E-state index < -0.39 is 124 Å². The molecule has 0 saturated carbocycles. The minimum Gasteiger partial charge on any atom is -0.394 e. The second kappa shape index (κ2) is 53.2. The van der Waals surface area contributed by atoms with Crippen LogP contribution >= 0.6 is 0 Å². The number of hydrogen-bond acceptors (Lipinski definition) is 18. The monoisotopic (exact) mass is 1290 g/mol. The normalized spacial score (nSPS) is 28.2. The quantitative estimate of drug-likeness (QED) is 0.0199. The van der Waals surface area contributed by atoms with Gasteiger partial charge in [0.15, 0.2) is 18.9 Å². The van der Waals surface area contributed by atoms with Crippen LogP contribution in [0.25, 0.3) is 0 Å². The average Bonchev–Trinajstić information content (AvgIpc) is 1.02. The molecule has 3 rings (SSSR count). The zero-order valence-electron chi connectivity index (χ0n) is 55.9. The van der Waals surface area contributed by atoms with Crippen LogP contribution in [0.15, 0.2) is 36.5 Å². The van der Waals surface area contributed by atoms with E-state index in [2.05, 4.69) is 43.5 Å². The van der Waals surface area contributed by atoms with Crippen molar-refractivity contribution in [1.82, 2.24) is 5.32 Å². The Balaban J connectivity index is 1.43. The van der Waals surface area contributed by atoms with Gasteiger partial charge in [0.2, 0.25) is 5.91 Å². The van der Waals surface area contributed by atoms with Gasteiger partial charge in [-0.25, -0.2) is 0 Å². The van der Waals surface area contributed by atoms with Gasteiger partial charge in [0.05, 0.1) is 38.6 Å². The Bertz CT molecular complexity index is 1780. The van der Waals surface area contributed by atoms with Crippen molar-refractivity contribution in [3.63, 3.8) is 0 Å². The highest BCUT2D eigenvalue weighted by atomic mass is 16.8. The lowest BCUT2D eigenvalue weighted by molar-refractivity contribution is -0.379. The smallest absolute Gasteiger partial charge is 0.220 e. The van der Waals surface area contributed by atoms with E-state index in [1.54, 1.807) is 6.08 Å². The van der Waals surface area contributed by atoms with E-state index in [-0.39, 0.29) is 18.9 Å². The molecule has 17 atom stereocenters. The van der Waals surface area contributed by atoms with Crippen molar-refractivity contribution in [2.75, 3.05) is 26.4 Å². The standard InChI is InChI=1S/C71H131NO18/c1-3-5-7-9-11-13-15-17-19-21-23-25-26-27-28-29-31-33-35-37-39-41-43-45-47-49-59(77)72-54(55(76)48-46-44-42-40-38-36-34-32-30-24-22-20-18-16-14-12-10-8-6-4-2)53-85-69-65(83)62(80)67(57(51-74)87-69)90-71-66(84)63(81)68(58(52-75)88-71)89-70-64(82)61(79)60(78)56(50-73)86-70/h30,32,38,40,46,48,54-58,60-71,73-76,78-84H,3-29,31,33-37,39,41-45,47,49-53H2,1-2H3,(H,72,77)/b32-30+,40-38+,48-46+. The highest BCUT2D eigenvalue weighted by Gasteiger charge is 2.53. The van der Waals surface area contributed by atoms with Gasteiger partial charge in [-0.2, -0.15) is 0 Å². The number of carbonyl (C=O) groups is 1. The molecular formula is C71H131NO18. The summed E-state index contributed by atoms with van der Waals surface area (Å²) >= 11 is 0. The molecule has 0 bridgehead atoms. The van der Waals surface area contributed by atoms with Crippen LogP contribution < -0.4 is 5.32 Å². The van der Waals surface area contributed by atoms with Gasteiger partial charge in [-0.1, -0.05) is 262 Å². The summed E-state index contributed by atoms with van der Waals surface area (Å²) in [6.45, 7) is 1.74. The SMILES string of the molecule is CCCCCCCCCCCC/C=C/CC/C=C/CC/C=C/C(O)C(COC1OC(CO)C(OC2OC(CO)C(OC3OC(CO)C(O)C(O)C3O)C(O)C2O)C(O)C1O)NC(=O)CCCCCCCCCCCCCCCCCCCCCCCCCCC. The van der Waals surface area contributed by atoms with Crippen molar-refractivity contribution in [1.29, 1.82) is 0 Å². The molecule has 3 saturated heterocycles. The fourth-order valence-electron chi connectivity index (χ4n) is 12.3. The van der Waals surface area contributed by atoms with Gasteiger partial charge in [-0.3, -0.25) is 4.79 Å². The summed E-state index contributed by atoms with van der Waals surface area (Å²) in [4.78, 5) is 13.4. The molecule has 17 unspecified atom stereocenters. The summed E-state index contributed by atoms with van der Waals surface area (Å²) in [5, 5.41) is 121. The van der Waals surface area contributed by atoms with Crippen molar-refractivity contribution in [2.24, 2.45) is 0 Å². The lowest BCUT2D eigenvalue weighted by Gasteiger charge is -2.48. The summed E-state index contributed by atoms with van der Waals surface area (Å²) in [5.41, 5.74) is 0. The summed E-state index contributed by atoms with van der Waals surface area (Å²) in [6, 6.07) is -0.995. The number of hydrogen-bond donors (Lipinski definition) is 12. The second-order valence-corrected chi connectivity index (χ2v) is 26.0. The minimum absolute atomic E-state index is 0.236. The lowest BCUT2D eigenvalue weighted by atomic mass is 9.96. The Labute approximate surface area is 542 Å². The molecule has 528 valence electrons. The van der Waals surface area contributed by atoms with E-state index in [1.807, 2.05) is 6.08 Å². The van der Waals surface area contributed by atoms with E-state index >= 15 is 0 Å². The predicted molar refractivity (Wildman–Crippen MR) is 351 cm³/mol. The molecule has 19 heteroatoms. The third-order valence-corrected chi connectivity index (χ3v) is 18.2. The second-order valence-electron chi connectivity index (χ2n) is 26.0. The molecule has 3 aliphatic rings. The Morgan fingerprint density at radius 2 is 0.711 bits per heavy atom. The fraction of sp³-hybridized carbons (Fsp3) is 0.901. The molecule has 3 fully saturated rings. The molecule has 1 amide bonds. The van der Waals surface area contributed by atoms with Crippen LogP contribution in [-0.4, -0.2) is 193 Å². The first-order chi connectivity index (χ1) is 43.8. The van der Waals surface area contributed by atoms with E-state index in [1.165, 1.54) is 199 Å². The van der Waals surface area contributed by atoms with Crippen LogP contribution in [0.2, 0.25) is 0 Å². The number of unbranched alkanes of at least 4 members (excludes halogenated alkanes) is 36. The summed E-state index contributed by atoms with van der Waals surface area (Å²) in [7, 11) is 0. The Morgan fingerprint density at radius 3 is 1.11 bits per heavy atom. The summed E-state index contributed by atoms with van der Waals surface area (Å²) in [5.74, 6) is -0.285. The molecular weight excluding hydrogens is 1150 g/mol. The minimum atomic E-state index is -1.98. The number of rotatable bonds is 56. The van der Waals surface area contributed by atoms with Gasteiger partial charge in [0.1, 0.15) is 73.2 Å². The number of aliphatic hydroxyl groups is 11. The maximum absolute atomic E-state index is 13.4. The van der Waals surface area contributed by atoms with Crippen molar-refractivity contribution in [2.45, 2.75) is 381 Å². The van der Waals surface area contributed by atoms with Crippen molar-refractivity contribution < 1.29 is 89.4 Å². The van der Waals surface area contributed by atoms with Crippen molar-refractivity contribution >= 4 is 5.91 Å². The Morgan fingerprint density at radius 1 is 0.389 bits per heavy atom. The molecule has 3 heterocycles.